The lowest BCUT2D eigenvalue weighted by atomic mass is 10.2. The fraction of sp³-hybridized carbons (Fsp3) is 0.188. The minimum atomic E-state index is -4.56. The van der Waals surface area contributed by atoms with E-state index in [1.165, 1.54) is 26.2 Å². The second kappa shape index (κ2) is 7.20. The van der Waals surface area contributed by atoms with Crippen LogP contribution >= 0.6 is 0 Å². The van der Waals surface area contributed by atoms with Gasteiger partial charge in [-0.15, -0.1) is 0 Å². The summed E-state index contributed by atoms with van der Waals surface area (Å²) in [5.41, 5.74) is -0.324. The Balaban J connectivity index is 2.09. The van der Waals surface area contributed by atoms with Crippen molar-refractivity contribution in [2.45, 2.75) is 13.1 Å². The van der Waals surface area contributed by atoms with Crippen molar-refractivity contribution in [2.24, 2.45) is 0 Å². The number of hydrogen-bond donors (Lipinski definition) is 2. The minimum absolute atomic E-state index is 0.0216. The summed E-state index contributed by atoms with van der Waals surface area (Å²) in [6, 6.07) is 7.22. The van der Waals surface area contributed by atoms with E-state index in [-0.39, 0.29) is 16.9 Å². The first-order chi connectivity index (χ1) is 11.7. The van der Waals surface area contributed by atoms with E-state index in [1.807, 2.05) is 0 Å². The van der Waals surface area contributed by atoms with Crippen molar-refractivity contribution < 1.29 is 27.5 Å². The number of methoxy groups -OCH3 is 1. The number of nitrogens with one attached hydrogen (secondary N) is 2. The van der Waals surface area contributed by atoms with Crippen molar-refractivity contribution in [3.05, 3.63) is 53.3 Å². The molecule has 0 aliphatic carbocycles. The molecular weight excluding hydrogens is 339 g/mol. The summed E-state index contributed by atoms with van der Waals surface area (Å²) in [4.78, 5) is 26.9. The van der Waals surface area contributed by atoms with E-state index in [0.29, 0.717) is 5.69 Å². The highest BCUT2D eigenvalue weighted by Gasteiger charge is 2.32. The summed E-state index contributed by atoms with van der Waals surface area (Å²) in [5, 5.41) is 4.88. The molecule has 1 heterocycles. The number of pyridine rings is 1. The summed E-state index contributed by atoms with van der Waals surface area (Å²) in [7, 11) is 1.23. The van der Waals surface area contributed by atoms with Crippen molar-refractivity contribution in [1.82, 2.24) is 4.98 Å². The van der Waals surface area contributed by atoms with Gasteiger partial charge in [-0.05, 0) is 37.3 Å². The van der Waals surface area contributed by atoms with Crippen LogP contribution in [-0.2, 0) is 10.9 Å². The summed E-state index contributed by atoms with van der Waals surface area (Å²) in [6.07, 6.45) is -4.56. The van der Waals surface area contributed by atoms with E-state index >= 15 is 0 Å². The zero-order chi connectivity index (χ0) is 18.6. The van der Waals surface area contributed by atoms with Gasteiger partial charge in [-0.1, -0.05) is 6.07 Å². The van der Waals surface area contributed by atoms with Gasteiger partial charge < -0.3 is 15.4 Å². The van der Waals surface area contributed by atoms with Crippen molar-refractivity contribution in [3.8, 4) is 0 Å². The minimum Gasteiger partial charge on any atom is -0.465 e. The van der Waals surface area contributed by atoms with Crippen molar-refractivity contribution in [3.63, 3.8) is 0 Å². The number of alkyl halides is 3. The van der Waals surface area contributed by atoms with Crippen LogP contribution in [0.3, 0.4) is 0 Å². The molecule has 132 valence electrons. The fourth-order valence-corrected chi connectivity index (χ4v) is 1.98. The normalized spacial score (nSPS) is 10.9. The van der Waals surface area contributed by atoms with E-state index in [0.717, 1.165) is 12.1 Å². The molecule has 0 aliphatic rings. The highest BCUT2D eigenvalue weighted by atomic mass is 19.4. The Bertz CT molecular complexity index is 807. The number of benzene rings is 1. The molecule has 2 rings (SSSR count). The van der Waals surface area contributed by atoms with Gasteiger partial charge in [0.2, 0.25) is 0 Å². The Kier molecular flexibility index (Phi) is 5.26. The van der Waals surface area contributed by atoms with Gasteiger partial charge >= 0.3 is 18.2 Å². The number of carbonyl (C=O) groups excluding carboxylic acids is 2. The standard InChI is InChI=1S/C16H14F3N3O3/c1-9-12(6-7-13(20-9)16(17,18)19)22-15(24)21-11-5-3-4-10(8-11)14(23)25-2/h3-8H,1-2H3,(H2,21,22,24). The number of carbonyl (C=O) groups is 2. The second-order valence-electron chi connectivity index (χ2n) is 4.98. The van der Waals surface area contributed by atoms with Gasteiger partial charge in [0.1, 0.15) is 5.69 Å². The second-order valence-corrected chi connectivity index (χ2v) is 4.98. The van der Waals surface area contributed by atoms with E-state index < -0.39 is 23.9 Å². The molecule has 9 heteroatoms. The number of ether oxygens (including phenoxy) is 1. The first-order valence-electron chi connectivity index (χ1n) is 7.02. The lowest BCUT2D eigenvalue weighted by Gasteiger charge is -2.12. The van der Waals surface area contributed by atoms with Crippen molar-refractivity contribution >= 4 is 23.4 Å². The molecule has 0 spiro atoms. The first kappa shape index (κ1) is 18.2. The highest BCUT2D eigenvalue weighted by molar-refractivity contribution is 6.01. The Morgan fingerprint density at radius 1 is 1.12 bits per heavy atom. The monoisotopic (exact) mass is 353 g/mol. The average Bonchev–Trinajstić information content (AvgIpc) is 2.55. The number of urea groups is 1. The predicted molar refractivity (Wildman–Crippen MR) is 84.4 cm³/mol. The fourth-order valence-electron chi connectivity index (χ4n) is 1.98. The van der Waals surface area contributed by atoms with Crippen LogP contribution in [-0.4, -0.2) is 24.1 Å². The van der Waals surface area contributed by atoms with Crippen LogP contribution in [0.2, 0.25) is 0 Å². The number of nitrogens with zero attached hydrogens (tertiary/aromatic N) is 1. The van der Waals surface area contributed by atoms with Gasteiger partial charge in [0.05, 0.1) is 24.1 Å². The number of esters is 1. The molecule has 0 saturated heterocycles. The maximum absolute atomic E-state index is 12.6. The van der Waals surface area contributed by atoms with Crippen molar-refractivity contribution in [2.75, 3.05) is 17.7 Å². The van der Waals surface area contributed by atoms with E-state index in [2.05, 4.69) is 20.4 Å². The average molecular weight is 353 g/mol. The number of aryl methyl sites for hydroxylation is 1. The molecule has 1 aromatic carbocycles. The molecular formula is C16H14F3N3O3. The third kappa shape index (κ3) is 4.69. The van der Waals surface area contributed by atoms with Crippen LogP contribution < -0.4 is 10.6 Å². The van der Waals surface area contributed by atoms with Crippen LogP contribution in [0.4, 0.5) is 29.3 Å². The molecule has 25 heavy (non-hydrogen) atoms. The van der Waals surface area contributed by atoms with Crippen LogP contribution in [0.15, 0.2) is 36.4 Å². The van der Waals surface area contributed by atoms with Gasteiger partial charge in [-0.25, -0.2) is 14.6 Å². The van der Waals surface area contributed by atoms with E-state index in [1.54, 1.807) is 12.1 Å². The smallest absolute Gasteiger partial charge is 0.433 e. The van der Waals surface area contributed by atoms with Crippen molar-refractivity contribution in [1.29, 1.82) is 0 Å². The lowest BCUT2D eigenvalue weighted by Crippen LogP contribution is -2.21. The zero-order valence-electron chi connectivity index (χ0n) is 13.3. The topological polar surface area (TPSA) is 80.3 Å². The molecule has 2 N–H and O–H groups in total. The molecule has 0 saturated carbocycles. The Morgan fingerprint density at radius 2 is 1.84 bits per heavy atom. The Hall–Kier alpha value is -3.10. The molecule has 0 unspecified atom stereocenters. The van der Waals surface area contributed by atoms with Crippen LogP contribution in [0.25, 0.3) is 0 Å². The number of halogens is 3. The third-order valence-electron chi connectivity index (χ3n) is 3.17. The van der Waals surface area contributed by atoms with Crippen LogP contribution in [0.5, 0.6) is 0 Å². The molecule has 0 atom stereocenters. The number of amides is 2. The van der Waals surface area contributed by atoms with Crippen LogP contribution in [0, 0.1) is 6.92 Å². The maximum Gasteiger partial charge on any atom is 0.433 e. The third-order valence-corrected chi connectivity index (χ3v) is 3.17. The van der Waals surface area contributed by atoms with Gasteiger partial charge in [0.25, 0.3) is 0 Å². The maximum atomic E-state index is 12.6. The number of rotatable bonds is 3. The van der Waals surface area contributed by atoms with Gasteiger partial charge in [-0.2, -0.15) is 13.2 Å². The predicted octanol–water partition coefficient (Wildman–Crippen LogP) is 3.84. The van der Waals surface area contributed by atoms with Crippen LogP contribution in [0.1, 0.15) is 21.7 Å². The number of anilines is 2. The quantitative estimate of drug-likeness (QED) is 0.822. The Labute approximate surface area is 141 Å². The van der Waals surface area contributed by atoms with E-state index in [9.17, 15) is 22.8 Å². The molecule has 2 amide bonds. The SMILES string of the molecule is COC(=O)c1cccc(NC(=O)Nc2ccc(C(F)(F)F)nc2C)c1. The molecule has 2 aromatic rings. The van der Waals surface area contributed by atoms with Gasteiger partial charge in [0.15, 0.2) is 0 Å². The lowest BCUT2D eigenvalue weighted by molar-refractivity contribution is -0.141. The summed E-state index contributed by atoms with van der Waals surface area (Å²) < 4.78 is 42.3. The van der Waals surface area contributed by atoms with E-state index in [4.69, 9.17) is 0 Å². The Morgan fingerprint density at radius 3 is 2.44 bits per heavy atom. The molecule has 0 radical (unpaired) electrons. The number of hydrogen-bond acceptors (Lipinski definition) is 4. The summed E-state index contributed by atoms with van der Waals surface area (Å²) in [6.45, 7) is 1.35. The molecule has 0 bridgehead atoms. The highest BCUT2D eigenvalue weighted by Crippen LogP contribution is 2.29. The van der Waals surface area contributed by atoms with Gasteiger partial charge in [-0.3, -0.25) is 0 Å². The largest absolute Gasteiger partial charge is 0.465 e. The summed E-state index contributed by atoms with van der Waals surface area (Å²) in [5.74, 6) is -0.563. The first-order valence-corrected chi connectivity index (χ1v) is 7.02. The molecule has 6 nitrogen and oxygen atoms in total. The molecule has 1 aromatic heterocycles. The number of aromatic nitrogens is 1. The van der Waals surface area contributed by atoms with Gasteiger partial charge in [0, 0.05) is 5.69 Å². The molecule has 0 fully saturated rings. The summed E-state index contributed by atoms with van der Waals surface area (Å²) >= 11 is 0. The molecule has 0 aliphatic heterocycles. The zero-order valence-corrected chi connectivity index (χ0v) is 13.3.